The molecule has 0 bridgehead atoms. The molecule has 3 aromatic rings. The Hall–Kier alpha value is -3.97. The summed E-state index contributed by atoms with van der Waals surface area (Å²) < 4.78 is 19.0. The lowest BCUT2D eigenvalue weighted by Gasteiger charge is -2.26. The number of hydrogen-bond acceptors (Lipinski definition) is 5. The van der Waals surface area contributed by atoms with Crippen LogP contribution in [0.15, 0.2) is 66.9 Å². The SMILES string of the molecule is COc1cc2c(cc1-c1ccc(F)cc1)/C(=C/Nc1ccc(CN3CCCCC3)cc1)C(=O)NC2=O. The number of ether oxygens (including phenoxy) is 1. The van der Waals surface area contributed by atoms with Gasteiger partial charge in [0.2, 0.25) is 0 Å². The molecule has 2 N–H and O–H groups in total. The van der Waals surface area contributed by atoms with Crippen LogP contribution >= 0.6 is 0 Å². The van der Waals surface area contributed by atoms with Gasteiger partial charge in [0.15, 0.2) is 0 Å². The third kappa shape index (κ3) is 5.02. The number of halogens is 1. The number of amides is 2. The van der Waals surface area contributed by atoms with Crippen molar-refractivity contribution in [3.05, 3.63) is 89.4 Å². The van der Waals surface area contributed by atoms with E-state index in [2.05, 4.69) is 27.7 Å². The van der Waals surface area contributed by atoms with Crippen molar-refractivity contribution < 1.29 is 18.7 Å². The van der Waals surface area contributed by atoms with E-state index in [-0.39, 0.29) is 5.82 Å². The minimum atomic E-state index is -0.489. The minimum Gasteiger partial charge on any atom is -0.496 e. The molecular weight excluding hydrogens is 457 g/mol. The highest BCUT2D eigenvalue weighted by Gasteiger charge is 2.29. The summed E-state index contributed by atoms with van der Waals surface area (Å²) in [5.41, 5.74) is 4.60. The Kier molecular flexibility index (Phi) is 6.82. The van der Waals surface area contributed by atoms with E-state index in [1.807, 2.05) is 12.1 Å². The van der Waals surface area contributed by atoms with Crippen LogP contribution in [-0.4, -0.2) is 36.9 Å². The van der Waals surface area contributed by atoms with Gasteiger partial charge in [-0.1, -0.05) is 30.7 Å². The van der Waals surface area contributed by atoms with Crippen LogP contribution < -0.4 is 15.4 Å². The van der Waals surface area contributed by atoms with Crippen LogP contribution in [-0.2, 0) is 11.3 Å². The van der Waals surface area contributed by atoms with Crippen molar-refractivity contribution in [1.82, 2.24) is 10.2 Å². The van der Waals surface area contributed by atoms with Crippen LogP contribution in [0, 0.1) is 5.82 Å². The van der Waals surface area contributed by atoms with Crippen molar-refractivity contribution in [2.45, 2.75) is 25.8 Å². The van der Waals surface area contributed by atoms with Gasteiger partial charge in [-0.05, 0) is 73.5 Å². The van der Waals surface area contributed by atoms with E-state index in [4.69, 9.17) is 4.74 Å². The van der Waals surface area contributed by atoms with Crippen molar-refractivity contribution >= 4 is 23.1 Å². The molecule has 2 aliphatic heterocycles. The largest absolute Gasteiger partial charge is 0.496 e. The fourth-order valence-corrected chi connectivity index (χ4v) is 4.76. The van der Waals surface area contributed by atoms with Crippen molar-refractivity contribution in [3.8, 4) is 16.9 Å². The number of benzene rings is 3. The van der Waals surface area contributed by atoms with Gasteiger partial charge in [-0.15, -0.1) is 0 Å². The van der Waals surface area contributed by atoms with E-state index in [9.17, 15) is 14.0 Å². The second-order valence-electron chi connectivity index (χ2n) is 9.12. The summed E-state index contributed by atoms with van der Waals surface area (Å²) in [5.74, 6) is -0.867. The molecule has 1 fully saturated rings. The Morgan fingerprint density at radius 1 is 0.917 bits per heavy atom. The third-order valence-corrected chi connectivity index (χ3v) is 6.69. The fraction of sp³-hybridized carbons (Fsp3) is 0.241. The van der Waals surface area contributed by atoms with E-state index >= 15 is 0 Å². The Labute approximate surface area is 209 Å². The van der Waals surface area contributed by atoms with Crippen molar-refractivity contribution in [2.75, 3.05) is 25.5 Å². The first-order valence-electron chi connectivity index (χ1n) is 12.1. The van der Waals surface area contributed by atoms with Gasteiger partial charge in [0.05, 0.1) is 18.2 Å². The molecule has 3 aromatic carbocycles. The minimum absolute atomic E-state index is 0.327. The summed E-state index contributed by atoms with van der Waals surface area (Å²) in [6, 6.07) is 17.5. The second-order valence-corrected chi connectivity index (χ2v) is 9.12. The standard InChI is InChI=1S/C29H28FN3O3/c1-36-27-16-25-24(15-23(27)20-7-9-21(30)10-8-20)26(29(35)32-28(25)34)17-31-22-11-5-19(6-12-22)18-33-13-3-2-4-14-33/h5-12,15-17,31H,2-4,13-14,18H2,1H3,(H,32,34,35)/b26-17-. The Morgan fingerprint density at radius 3 is 2.33 bits per heavy atom. The maximum atomic E-state index is 13.5. The van der Waals surface area contributed by atoms with Crippen LogP contribution in [0.3, 0.4) is 0 Å². The number of methoxy groups -OCH3 is 1. The third-order valence-electron chi connectivity index (χ3n) is 6.69. The maximum absolute atomic E-state index is 13.5. The van der Waals surface area contributed by atoms with E-state index < -0.39 is 11.8 Å². The molecule has 7 heteroatoms. The predicted molar refractivity (Wildman–Crippen MR) is 138 cm³/mol. The van der Waals surface area contributed by atoms with Gasteiger partial charge >= 0.3 is 0 Å². The highest BCUT2D eigenvalue weighted by molar-refractivity contribution is 6.31. The number of rotatable bonds is 6. The number of carbonyl (C=O) groups is 2. The summed E-state index contributed by atoms with van der Waals surface area (Å²) in [7, 11) is 1.51. The summed E-state index contributed by atoms with van der Waals surface area (Å²) in [6.07, 6.45) is 5.44. The molecule has 0 saturated carbocycles. The number of nitrogens with zero attached hydrogens (tertiary/aromatic N) is 1. The normalized spacial score (nSPS) is 17.0. The first kappa shape index (κ1) is 23.8. The molecule has 0 atom stereocenters. The Morgan fingerprint density at radius 2 is 1.64 bits per heavy atom. The van der Waals surface area contributed by atoms with Crippen molar-refractivity contribution in [1.29, 1.82) is 0 Å². The van der Waals surface area contributed by atoms with Crippen LogP contribution in [0.2, 0.25) is 0 Å². The summed E-state index contributed by atoms with van der Waals surface area (Å²) >= 11 is 0. The van der Waals surface area contributed by atoms with Crippen molar-refractivity contribution in [3.63, 3.8) is 0 Å². The first-order valence-corrected chi connectivity index (χ1v) is 12.1. The van der Waals surface area contributed by atoms with Gasteiger partial charge in [0.25, 0.3) is 11.8 Å². The number of piperidine rings is 1. The predicted octanol–water partition coefficient (Wildman–Crippen LogP) is 5.21. The number of fused-ring (bicyclic) bond motifs is 1. The molecule has 36 heavy (non-hydrogen) atoms. The van der Waals surface area contributed by atoms with Gasteiger partial charge in [-0.25, -0.2) is 4.39 Å². The molecule has 6 nitrogen and oxygen atoms in total. The Balaban J connectivity index is 1.43. The lowest BCUT2D eigenvalue weighted by Crippen LogP contribution is -2.36. The average molecular weight is 486 g/mol. The number of imide groups is 1. The molecule has 0 aromatic heterocycles. The molecule has 0 radical (unpaired) electrons. The zero-order chi connectivity index (χ0) is 25.1. The molecule has 1 saturated heterocycles. The second kappa shape index (κ2) is 10.3. The van der Waals surface area contributed by atoms with Crippen molar-refractivity contribution in [2.24, 2.45) is 0 Å². The zero-order valence-corrected chi connectivity index (χ0v) is 20.1. The lowest BCUT2D eigenvalue weighted by atomic mass is 9.90. The molecular formula is C29H28FN3O3. The van der Waals surface area contributed by atoms with Gasteiger partial charge in [-0.3, -0.25) is 19.8 Å². The number of nitrogens with one attached hydrogen (secondary N) is 2. The monoisotopic (exact) mass is 485 g/mol. The quantitative estimate of drug-likeness (QED) is 0.371. The number of anilines is 1. The van der Waals surface area contributed by atoms with Crippen LogP contribution in [0.25, 0.3) is 16.7 Å². The first-order chi connectivity index (χ1) is 17.5. The summed E-state index contributed by atoms with van der Waals surface area (Å²) in [5, 5.41) is 5.60. The molecule has 2 amide bonds. The van der Waals surface area contributed by atoms with E-state index in [1.54, 1.807) is 30.5 Å². The smallest absolute Gasteiger partial charge is 0.260 e. The van der Waals surface area contributed by atoms with Crippen LogP contribution in [0.4, 0.5) is 10.1 Å². The van der Waals surface area contributed by atoms with Gasteiger partial charge in [-0.2, -0.15) is 0 Å². The molecule has 2 heterocycles. The molecule has 0 unspecified atom stereocenters. The zero-order valence-electron chi connectivity index (χ0n) is 20.1. The Bertz CT molecular complexity index is 1310. The molecule has 2 aliphatic rings. The van der Waals surface area contributed by atoms with Gasteiger partial charge in [0.1, 0.15) is 11.6 Å². The topological polar surface area (TPSA) is 70.7 Å². The fourth-order valence-electron chi connectivity index (χ4n) is 4.76. The molecule has 184 valence electrons. The highest BCUT2D eigenvalue weighted by atomic mass is 19.1. The lowest BCUT2D eigenvalue weighted by molar-refractivity contribution is -0.114. The summed E-state index contributed by atoms with van der Waals surface area (Å²) in [6.45, 7) is 3.22. The number of hydrogen-bond donors (Lipinski definition) is 2. The van der Waals surface area contributed by atoms with Crippen LogP contribution in [0.1, 0.15) is 40.7 Å². The van der Waals surface area contributed by atoms with Crippen LogP contribution in [0.5, 0.6) is 5.75 Å². The van der Waals surface area contributed by atoms with E-state index in [1.165, 1.54) is 44.1 Å². The molecule has 5 rings (SSSR count). The highest BCUT2D eigenvalue weighted by Crippen LogP contribution is 2.37. The number of likely N-dealkylation sites (tertiary alicyclic amines) is 1. The number of carbonyl (C=O) groups excluding carboxylic acids is 2. The summed E-state index contributed by atoms with van der Waals surface area (Å²) in [4.78, 5) is 27.8. The molecule has 0 spiro atoms. The maximum Gasteiger partial charge on any atom is 0.260 e. The van der Waals surface area contributed by atoms with E-state index in [0.29, 0.717) is 33.6 Å². The van der Waals surface area contributed by atoms with E-state index in [0.717, 1.165) is 25.3 Å². The van der Waals surface area contributed by atoms with Gasteiger partial charge in [0, 0.05) is 29.6 Å². The average Bonchev–Trinajstić information content (AvgIpc) is 2.90. The van der Waals surface area contributed by atoms with Gasteiger partial charge < -0.3 is 10.1 Å². The molecule has 0 aliphatic carbocycles.